The smallest absolute Gasteiger partial charge is 0.247 e. The molecule has 0 saturated carbocycles. The Labute approximate surface area is 203 Å². The van der Waals surface area contributed by atoms with E-state index in [2.05, 4.69) is 21.9 Å². The van der Waals surface area contributed by atoms with Gasteiger partial charge in [0.1, 0.15) is 23.6 Å². The van der Waals surface area contributed by atoms with E-state index >= 15 is 0 Å². The lowest BCUT2D eigenvalue weighted by molar-refractivity contribution is -0.117. The number of rotatable bonds is 9. The van der Waals surface area contributed by atoms with Crippen molar-refractivity contribution < 1.29 is 19.1 Å². The third kappa shape index (κ3) is 5.90. The minimum atomic E-state index is -0.297. The molecule has 3 aromatic rings. The van der Waals surface area contributed by atoms with E-state index in [0.717, 1.165) is 5.56 Å². The lowest BCUT2D eigenvalue weighted by Crippen LogP contribution is -2.29. The van der Waals surface area contributed by atoms with Crippen LogP contribution in [-0.2, 0) is 22.4 Å². The number of hydrogen-bond acceptors (Lipinski definition) is 6. The van der Waals surface area contributed by atoms with Crippen molar-refractivity contribution in [1.82, 2.24) is 9.97 Å². The van der Waals surface area contributed by atoms with Crippen LogP contribution in [0, 0.1) is 0 Å². The van der Waals surface area contributed by atoms with Gasteiger partial charge in [-0.2, -0.15) is 0 Å². The molecule has 176 valence electrons. The molecule has 2 aromatic carbocycles. The van der Waals surface area contributed by atoms with Crippen molar-refractivity contribution in [2.75, 3.05) is 31.5 Å². The highest BCUT2D eigenvalue weighted by atomic mass is 35.5. The highest BCUT2D eigenvalue weighted by molar-refractivity contribution is 6.33. The maximum Gasteiger partial charge on any atom is 0.247 e. The lowest BCUT2D eigenvalue weighted by Gasteiger charge is -2.18. The largest absolute Gasteiger partial charge is 0.497 e. The fourth-order valence-electron chi connectivity index (χ4n) is 3.27. The van der Waals surface area contributed by atoms with Gasteiger partial charge < -0.3 is 14.8 Å². The van der Waals surface area contributed by atoms with Crippen molar-refractivity contribution in [3.63, 3.8) is 0 Å². The van der Waals surface area contributed by atoms with Gasteiger partial charge in [-0.25, -0.2) is 9.97 Å². The third-order valence-corrected chi connectivity index (χ3v) is 5.57. The SMILES string of the molecule is C=CC(=O)Nc1ccccc1Cc1cc(N(C)C(=O)Cc2cc(OC)cc(OC)c2Cl)ncn1. The molecular formula is C25H25ClN4O4. The first kappa shape index (κ1) is 24.7. The van der Waals surface area contributed by atoms with E-state index in [-0.39, 0.29) is 18.2 Å². The van der Waals surface area contributed by atoms with Crippen LogP contribution in [0.5, 0.6) is 11.5 Å². The first-order valence-electron chi connectivity index (χ1n) is 10.4. The van der Waals surface area contributed by atoms with Gasteiger partial charge in [-0.3, -0.25) is 14.5 Å². The highest BCUT2D eigenvalue weighted by Crippen LogP contribution is 2.33. The van der Waals surface area contributed by atoms with Gasteiger partial charge in [0.05, 0.1) is 31.4 Å². The summed E-state index contributed by atoms with van der Waals surface area (Å²) in [7, 11) is 4.67. The van der Waals surface area contributed by atoms with Crippen molar-refractivity contribution in [2.24, 2.45) is 0 Å². The fraction of sp³-hybridized carbons (Fsp3) is 0.200. The van der Waals surface area contributed by atoms with E-state index in [1.165, 1.54) is 31.5 Å². The van der Waals surface area contributed by atoms with Crippen molar-refractivity contribution in [3.05, 3.63) is 83.3 Å². The molecule has 0 aliphatic rings. The summed E-state index contributed by atoms with van der Waals surface area (Å²) in [5, 5.41) is 3.14. The van der Waals surface area contributed by atoms with Gasteiger partial charge >= 0.3 is 0 Å². The minimum Gasteiger partial charge on any atom is -0.497 e. The Kier molecular flexibility index (Phi) is 8.21. The molecule has 0 aliphatic carbocycles. The number of carbonyl (C=O) groups is 2. The molecule has 0 radical (unpaired) electrons. The number of amides is 2. The molecule has 0 fully saturated rings. The summed E-state index contributed by atoms with van der Waals surface area (Å²) in [5.41, 5.74) is 2.80. The Balaban J connectivity index is 1.79. The average Bonchev–Trinajstić information content (AvgIpc) is 2.85. The third-order valence-electron chi connectivity index (χ3n) is 5.14. The fourth-order valence-corrected chi connectivity index (χ4v) is 3.53. The van der Waals surface area contributed by atoms with Gasteiger partial charge in [-0.15, -0.1) is 0 Å². The standard InChI is InChI=1S/C25H25ClN4O4/c1-5-23(31)29-20-9-7-6-8-16(20)10-18-13-22(28-15-27-18)30(2)24(32)12-17-11-19(33-3)14-21(34-4)25(17)26/h5-9,11,13-15H,1,10,12H2,2-4H3,(H,29,31). The zero-order valence-corrected chi connectivity index (χ0v) is 19.9. The Morgan fingerprint density at radius 3 is 2.59 bits per heavy atom. The van der Waals surface area contributed by atoms with Crippen LogP contribution in [0.15, 0.2) is 61.4 Å². The summed E-state index contributed by atoms with van der Waals surface area (Å²) in [6.45, 7) is 3.48. The molecule has 1 aromatic heterocycles. The van der Waals surface area contributed by atoms with Crippen molar-refractivity contribution in [3.8, 4) is 11.5 Å². The van der Waals surface area contributed by atoms with E-state index in [4.69, 9.17) is 21.1 Å². The quantitative estimate of drug-likeness (QED) is 0.464. The average molecular weight is 481 g/mol. The van der Waals surface area contributed by atoms with Crippen LogP contribution in [0.2, 0.25) is 5.02 Å². The van der Waals surface area contributed by atoms with Gasteiger partial charge in [0.25, 0.3) is 0 Å². The Morgan fingerprint density at radius 1 is 1.12 bits per heavy atom. The summed E-state index contributed by atoms with van der Waals surface area (Å²) >= 11 is 6.40. The number of aromatic nitrogens is 2. The van der Waals surface area contributed by atoms with E-state index < -0.39 is 0 Å². The van der Waals surface area contributed by atoms with Crippen LogP contribution in [0.4, 0.5) is 11.5 Å². The number of carbonyl (C=O) groups excluding carboxylic acids is 2. The van der Waals surface area contributed by atoms with Crippen molar-refractivity contribution in [2.45, 2.75) is 12.8 Å². The Hall–Kier alpha value is -3.91. The van der Waals surface area contributed by atoms with E-state index in [1.807, 2.05) is 18.2 Å². The maximum absolute atomic E-state index is 13.0. The second-order valence-corrected chi connectivity index (χ2v) is 7.71. The molecule has 8 nitrogen and oxygen atoms in total. The van der Waals surface area contributed by atoms with Crippen molar-refractivity contribution in [1.29, 1.82) is 0 Å². The normalized spacial score (nSPS) is 10.4. The molecule has 2 amide bonds. The number of methoxy groups -OCH3 is 2. The second kappa shape index (κ2) is 11.3. The van der Waals surface area contributed by atoms with E-state index in [0.29, 0.717) is 45.7 Å². The zero-order valence-electron chi connectivity index (χ0n) is 19.2. The molecule has 3 rings (SSSR count). The number of nitrogens with zero attached hydrogens (tertiary/aromatic N) is 3. The molecule has 9 heteroatoms. The van der Waals surface area contributed by atoms with Crippen LogP contribution < -0.4 is 19.7 Å². The van der Waals surface area contributed by atoms with E-state index in [1.54, 1.807) is 31.3 Å². The Bertz CT molecular complexity index is 1220. The first-order chi connectivity index (χ1) is 16.4. The Morgan fingerprint density at radius 2 is 1.88 bits per heavy atom. The monoisotopic (exact) mass is 480 g/mol. The predicted molar refractivity (Wildman–Crippen MR) is 132 cm³/mol. The molecular weight excluding hydrogens is 456 g/mol. The molecule has 34 heavy (non-hydrogen) atoms. The summed E-state index contributed by atoms with van der Waals surface area (Å²) in [5.74, 6) is 0.888. The highest BCUT2D eigenvalue weighted by Gasteiger charge is 2.18. The summed E-state index contributed by atoms with van der Waals surface area (Å²) in [6.07, 6.45) is 3.08. The summed E-state index contributed by atoms with van der Waals surface area (Å²) in [6, 6.07) is 12.5. The maximum atomic E-state index is 13.0. The number of halogens is 1. The number of benzene rings is 2. The van der Waals surface area contributed by atoms with Gasteiger partial charge in [0.15, 0.2) is 0 Å². The van der Waals surface area contributed by atoms with Gasteiger partial charge in [-0.1, -0.05) is 36.4 Å². The summed E-state index contributed by atoms with van der Waals surface area (Å²) in [4.78, 5) is 34.8. The number of hydrogen-bond donors (Lipinski definition) is 1. The molecule has 0 aliphatic heterocycles. The number of likely N-dealkylation sites (N-methyl/N-ethyl adjacent to an activating group) is 1. The van der Waals surface area contributed by atoms with Crippen molar-refractivity contribution >= 4 is 34.9 Å². The topological polar surface area (TPSA) is 93.7 Å². The molecule has 0 saturated heterocycles. The first-order valence-corrected chi connectivity index (χ1v) is 10.7. The number of nitrogens with one attached hydrogen (secondary N) is 1. The van der Waals surface area contributed by atoms with Crippen LogP contribution >= 0.6 is 11.6 Å². The predicted octanol–water partition coefficient (Wildman–Crippen LogP) is 4.07. The van der Waals surface area contributed by atoms with Gasteiger partial charge in [0.2, 0.25) is 11.8 Å². The van der Waals surface area contributed by atoms with E-state index in [9.17, 15) is 9.59 Å². The van der Waals surface area contributed by atoms with Crippen LogP contribution in [-0.4, -0.2) is 43.0 Å². The summed E-state index contributed by atoms with van der Waals surface area (Å²) < 4.78 is 10.6. The lowest BCUT2D eigenvalue weighted by atomic mass is 10.1. The second-order valence-electron chi connectivity index (χ2n) is 7.33. The number of anilines is 2. The minimum absolute atomic E-state index is 0.0264. The number of para-hydroxylation sites is 1. The van der Waals surface area contributed by atoms with Gasteiger partial charge in [0, 0.05) is 31.3 Å². The van der Waals surface area contributed by atoms with Crippen LogP contribution in [0.1, 0.15) is 16.8 Å². The van der Waals surface area contributed by atoms with Crippen LogP contribution in [0.25, 0.3) is 0 Å². The van der Waals surface area contributed by atoms with Crippen LogP contribution in [0.3, 0.4) is 0 Å². The molecule has 0 atom stereocenters. The molecule has 1 N–H and O–H groups in total. The number of ether oxygens (including phenoxy) is 2. The molecule has 0 spiro atoms. The molecule has 0 unspecified atom stereocenters. The molecule has 1 heterocycles. The zero-order chi connectivity index (χ0) is 24.7. The molecule has 0 bridgehead atoms. The van der Waals surface area contributed by atoms with Gasteiger partial charge in [-0.05, 0) is 29.3 Å².